The predicted molar refractivity (Wildman–Crippen MR) is 99.1 cm³/mol. The number of unbranched alkanes of at least 4 members (excludes halogenated alkanes) is 2. The van der Waals surface area contributed by atoms with Gasteiger partial charge in [-0.2, -0.15) is 0 Å². The van der Waals surface area contributed by atoms with Crippen molar-refractivity contribution in [1.82, 2.24) is 16.2 Å². The van der Waals surface area contributed by atoms with E-state index < -0.39 is 0 Å². The van der Waals surface area contributed by atoms with Gasteiger partial charge >= 0.3 is 0 Å². The first kappa shape index (κ1) is 18.6. The molecule has 0 heterocycles. The fraction of sp³-hybridized carbons (Fsp3) is 0.700. The third kappa shape index (κ3) is 5.66. The Hall–Kier alpha value is -1.17. The average molecular weight is 349 g/mol. The highest BCUT2D eigenvalue weighted by atomic mass is 19.1. The van der Waals surface area contributed by atoms with Gasteiger partial charge in [-0.1, -0.05) is 19.4 Å². The highest BCUT2D eigenvalue weighted by molar-refractivity contribution is 5.37. The minimum absolute atomic E-state index is 0.0465. The molecule has 2 fully saturated rings. The van der Waals surface area contributed by atoms with Crippen molar-refractivity contribution in [1.29, 1.82) is 0 Å². The molecule has 4 nitrogen and oxygen atoms in total. The van der Waals surface area contributed by atoms with E-state index >= 15 is 0 Å². The molecule has 0 aliphatic heterocycles. The van der Waals surface area contributed by atoms with E-state index in [1.165, 1.54) is 25.7 Å². The Morgan fingerprint density at radius 1 is 1.16 bits per heavy atom. The molecule has 0 radical (unpaired) electrons. The molecule has 0 unspecified atom stereocenters. The SMILES string of the molecule is CCNCCCCCNNC1(c2ccc(F)c(OCC3CC3)c2)CC1. The largest absolute Gasteiger partial charge is 0.490 e. The van der Waals surface area contributed by atoms with Gasteiger partial charge in [-0.25, -0.2) is 9.82 Å². The summed E-state index contributed by atoms with van der Waals surface area (Å²) < 4.78 is 19.6. The number of hydrogen-bond donors (Lipinski definition) is 3. The smallest absolute Gasteiger partial charge is 0.165 e. The van der Waals surface area contributed by atoms with E-state index in [0.29, 0.717) is 18.3 Å². The van der Waals surface area contributed by atoms with E-state index in [1.54, 1.807) is 6.07 Å². The van der Waals surface area contributed by atoms with Crippen LogP contribution in [0.3, 0.4) is 0 Å². The molecule has 2 aliphatic rings. The Labute approximate surface area is 150 Å². The molecule has 0 spiro atoms. The van der Waals surface area contributed by atoms with Crippen LogP contribution in [0.1, 0.15) is 57.4 Å². The summed E-state index contributed by atoms with van der Waals surface area (Å²) in [7, 11) is 0. The topological polar surface area (TPSA) is 45.3 Å². The van der Waals surface area contributed by atoms with Gasteiger partial charge in [0.05, 0.1) is 12.1 Å². The average Bonchev–Trinajstić information content (AvgIpc) is 3.52. The summed E-state index contributed by atoms with van der Waals surface area (Å²) in [6.07, 6.45) is 8.19. The van der Waals surface area contributed by atoms with Crippen LogP contribution in [-0.2, 0) is 5.54 Å². The van der Waals surface area contributed by atoms with E-state index in [-0.39, 0.29) is 11.4 Å². The highest BCUT2D eigenvalue weighted by Gasteiger charge is 2.44. The molecule has 0 aromatic heterocycles. The summed E-state index contributed by atoms with van der Waals surface area (Å²) in [5.41, 5.74) is 7.91. The maximum absolute atomic E-state index is 14.0. The lowest BCUT2D eigenvalue weighted by atomic mass is 10.1. The number of hydrazine groups is 1. The summed E-state index contributed by atoms with van der Waals surface area (Å²) in [5, 5.41) is 3.35. The fourth-order valence-electron chi connectivity index (χ4n) is 3.06. The molecule has 1 aromatic rings. The van der Waals surface area contributed by atoms with Crippen molar-refractivity contribution in [2.45, 2.75) is 57.4 Å². The zero-order chi connectivity index (χ0) is 17.5. The van der Waals surface area contributed by atoms with Crippen LogP contribution in [-0.4, -0.2) is 26.2 Å². The van der Waals surface area contributed by atoms with Crippen LogP contribution in [0.15, 0.2) is 18.2 Å². The van der Waals surface area contributed by atoms with E-state index in [9.17, 15) is 4.39 Å². The highest BCUT2D eigenvalue weighted by Crippen LogP contribution is 2.46. The molecule has 0 saturated heterocycles. The van der Waals surface area contributed by atoms with E-state index in [4.69, 9.17) is 4.74 Å². The minimum atomic E-state index is -0.256. The molecule has 3 N–H and O–H groups in total. The molecular formula is C20H32FN3O. The van der Waals surface area contributed by atoms with Crippen LogP contribution in [0, 0.1) is 11.7 Å². The van der Waals surface area contributed by atoms with Crippen LogP contribution >= 0.6 is 0 Å². The van der Waals surface area contributed by atoms with Gasteiger partial charge in [0.25, 0.3) is 0 Å². The van der Waals surface area contributed by atoms with Gasteiger partial charge in [0.2, 0.25) is 0 Å². The summed E-state index contributed by atoms with van der Waals surface area (Å²) in [5.74, 6) is 0.778. The molecule has 5 heteroatoms. The van der Waals surface area contributed by atoms with Crippen molar-refractivity contribution < 1.29 is 9.13 Å². The summed E-state index contributed by atoms with van der Waals surface area (Å²) >= 11 is 0. The monoisotopic (exact) mass is 349 g/mol. The number of halogens is 1. The Kier molecular flexibility index (Phi) is 6.68. The van der Waals surface area contributed by atoms with Crippen LogP contribution in [0.25, 0.3) is 0 Å². The minimum Gasteiger partial charge on any atom is -0.490 e. The Morgan fingerprint density at radius 2 is 1.96 bits per heavy atom. The fourth-order valence-corrected chi connectivity index (χ4v) is 3.06. The van der Waals surface area contributed by atoms with Gasteiger partial charge in [-0.15, -0.1) is 0 Å². The third-order valence-corrected chi connectivity index (χ3v) is 5.14. The molecular weight excluding hydrogens is 317 g/mol. The summed E-state index contributed by atoms with van der Waals surface area (Å²) in [4.78, 5) is 0. The zero-order valence-electron chi connectivity index (χ0n) is 15.4. The quantitative estimate of drug-likeness (QED) is 0.377. The van der Waals surface area contributed by atoms with Gasteiger partial charge in [0, 0.05) is 6.54 Å². The van der Waals surface area contributed by atoms with E-state index in [2.05, 4.69) is 23.1 Å². The van der Waals surface area contributed by atoms with Crippen molar-refractivity contribution in [3.63, 3.8) is 0 Å². The van der Waals surface area contributed by atoms with Crippen molar-refractivity contribution in [2.75, 3.05) is 26.2 Å². The number of hydrogen-bond acceptors (Lipinski definition) is 4. The number of nitrogens with one attached hydrogen (secondary N) is 3. The van der Waals surface area contributed by atoms with Crippen LogP contribution in [0.4, 0.5) is 4.39 Å². The normalized spacial score (nSPS) is 18.3. The summed E-state index contributed by atoms with van der Waals surface area (Å²) in [6, 6.07) is 5.31. The maximum atomic E-state index is 14.0. The zero-order valence-corrected chi connectivity index (χ0v) is 15.4. The van der Waals surface area contributed by atoms with Crippen molar-refractivity contribution in [3.05, 3.63) is 29.6 Å². The predicted octanol–water partition coefficient (Wildman–Crippen LogP) is 3.48. The first-order valence-corrected chi connectivity index (χ1v) is 9.87. The first-order valence-electron chi connectivity index (χ1n) is 9.87. The van der Waals surface area contributed by atoms with Gasteiger partial charge < -0.3 is 10.1 Å². The Bertz CT molecular complexity index is 544. The van der Waals surface area contributed by atoms with Crippen LogP contribution in [0.2, 0.25) is 0 Å². The number of rotatable bonds is 13. The van der Waals surface area contributed by atoms with Gasteiger partial charge in [-0.05, 0) is 75.2 Å². The van der Waals surface area contributed by atoms with Crippen molar-refractivity contribution in [3.8, 4) is 5.75 Å². The van der Waals surface area contributed by atoms with E-state index in [1.807, 2.05) is 12.1 Å². The Morgan fingerprint density at radius 3 is 2.68 bits per heavy atom. The van der Waals surface area contributed by atoms with Crippen molar-refractivity contribution in [2.24, 2.45) is 5.92 Å². The molecule has 140 valence electrons. The van der Waals surface area contributed by atoms with Crippen LogP contribution < -0.4 is 20.9 Å². The lowest BCUT2D eigenvalue weighted by Gasteiger charge is -2.20. The molecule has 1 aromatic carbocycles. The molecule has 3 rings (SSSR count). The van der Waals surface area contributed by atoms with Crippen LogP contribution in [0.5, 0.6) is 5.75 Å². The molecule has 2 aliphatic carbocycles. The number of benzene rings is 1. The van der Waals surface area contributed by atoms with E-state index in [0.717, 1.165) is 44.5 Å². The standard InChI is InChI=1S/C20H32FN3O/c1-2-22-12-4-3-5-13-23-24-20(10-11-20)17-8-9-18(21)19(14-17)25-15-16-6-7-16/h8-9,14,16,22-24H,2-7,10-13,15H2,1H3. The lowest BCUT2D eigenvalue weighted by molar-refractivity contribution is 0.284. The maximum Gasteiger partial charge on any atom is 0.165 e. The third-order valence-electron chi connectivity index (χ3n) is 5.14. The van der Waals surface area contributed by atoms with Gasteiger partial charge in [0.15, 0.2) is 11.6 Å². The molecule has 0 bridgehead atoms. The first-order chi connectivity index (χ1) is 12.2. The molecule has 0 amide bonds. The van der Waals surface area contributed by atoms with Gasteiger partial charge in [-0.3, -0.25) is 5.43 Å². The van der Waals surface area contributed by atoms with Gasteiger partial charge in [0.1, 0.15) is 0 Å². The second kappa shape index (κ2) is 8.97. The molecule has 0 atom stereocenters. The Balaban J connectivity index is 1.41. The lowest BCUT2D eigenvalue weighted by Crippen LogP contribution is -2.41. The molecule has 2 saturated carbocycles. The molecule has 25 heavy (non-hydrogen) atoms. The number of ether oxygens (including phenoxy) is 1. The second-order valence-corrected chi connectivity index (χ2v) is 7.45. The second-order valence-electron chi connectivity index (χ2n) is 7.45. The van der Waals surface area contributed by atoms with Crippen molar-refractivity contribution >= 4 is 0 Å². The summed E-state index contributed by atoms with van der Waals surface area (Å²) in [6.45, 7) is 5.89.